The number of carbonyl (C=O) groups is 2. The minimum absolute atomic E-state index is 0.296. The summed E-state index contributed by atoms with van der Waals surface area (Å²) in [5.74, 6) is -1.31. The summed E-state index contributed by atoms with van der Waals surface area (Å²) in [7, 11) is 1.85. The lowest BCUT2D eigenvalue weighted by Crippen LogP contribution is -2.29. The van der Waals surface area contributed by atoms with Gasteiger partial charge in [0, 0.05) is 12.2 Å². The standard InChI is InChI=1S/C14H18N2O4/c1-15-8-9-3-2-4-10(7-9)16-13(17)11-5-6-12(20-11)14(18)19/h2-4,7,11-12,15H,5-6,8H2,1H3,(H,16,17)(H,18,19). The van der Waals surface area contributed by atoms with E-state index in [9.17, 15) is 9.59 Å². The van der Waals surface area contributed by atoms with Crippen LogP contribution in [-0.2, 0) is 20.9 Å². The van der Waals surface area contributed by atoms with Gasteiger partial charge in [0.05, 0.1) is 0 Å². The molecular weight excluding hydrogens is 260 g/mol. The third-order valence-electron chi connectivity index (χ3n) is 3.16. The number of amides is 1. The highest BCUT2D eigenvalue weighted by atomic mass is 16.5. The van der Waals surface area contributed by atoms with E-state index in [1.54, 1.807) is 6.07 Å². The number of aliphatic carboxylic acids is 1. The Kier molecular flexibility index (Phi) is 4.70. The van der Waals surface area contributed by atoms with E-state index in [0.29, 0.717) is 25.1 Å². The Morgan fingerprint density at radius 1 is 1.35 bits per heavy atom. The van der Waals surface area contributed by atoms with Crippen molar-refractivity contribution in [3.8, 4) is 0 Å². The lowest BCUT2D eigenvalue weighted by atomic mass is 10.1. The van der Waals surface area contributed by atoms with Crippen LogP contribution in [-0.4, -0.2) is 36.2 Å². The van der Waals surface area contributed by atoms with E-state index in [4.69, 9.17) is 9.84 Å². The second-order valence-corrected chi connectivity index (χ2v) is 4.75. The summed E-state index contributed by atoms with van der Waals surface area (Å²) >= 11 is 0. The van der Waals surface area contributed by atoms with Crippen molar-refractivity contribution in [1.29, 1.82) is 0 Å². The number of hydrogen-bond donors (Lipinski definition) is 3. The molecule has 6 heteroatoms. The highest BCUT2D eigenvalue weighted by Crippen LogP contribution is 2.21. The van der Waals surface area contributed by atoms with Crippen LogP contribution in [0.5, 0.6) is 0 Å². The lowest BCUT2D eigenvalue weighted by molar-refractivity contribution is -0.150. The number of rotatable bonds is 5. The second-order valence-electron chi connectivity index (χ2n) is 4.75. The van der Waals surface area contributed by atoms with E-state index < -0.39 is 18.2 Å². The average molecular weight is 278 g/mol. The highest BCUT2D eigenvalue weighted by Gasteiger charge is 2.34. The first-order valence-electron chi connectivity index (χ1n) is 6.53. The topological polar surface area (TPSA) is 87.7 Å². The molecular formula is C14H18N2O4. The van der Waals surface area contributed by atoms with E-state index in [0.717, 1.165) is 5.56 Å². The number of nitrogens with one attached hydrogen (secondary N) is 2. The molecule has 6 nitrogen and oxygen atoms in total. The largest absolute Gasteiger partial charge is 0.479 e. The zero-order chi connectivity index (χ0) is 14.5. The van der Waals surface area contributed by atoms with Crippen LogP contribution in [0.4, 0.5) is 5.69 Å². The van der Waals surface area contributed by atoms with Crippen LogP contribution in [0.25, 0.3) is 0 Å². The monoisotopic (exact) mass is 278 g/mol. The first-order chi connectivity index (χ1) is 9.60. The first kappa shape index (κ1) is 14.5. The van der Waals surface area contributed by atoms with Crippen molar-refractivity contribution in [3.05, 3.63) is 29.8 Å². The van der Waals surface area contributed by atoms with Crippen LogP contribution in [0.3, 0.4) is 0 Å². The smallest absolute Gasteiger partial charge is 0.332 e. The minimum atomic E-state index is -1.02. The van der Waals surface area contributed by atoms with Gasteiger partial charge in [-0.3, -0.25) is 4.79 Å². The van der Waals surface area contributed by atoms with Gasteiger partial charge in [-0.1, -0.05) is 12.1 Å². The Morgan fingerprint density at radius 3 is 2.75 bits per heavy atom. The number of carboxylic acid groups (broad SMARTS) is 1. The molecule has 1 saturated heterocycles. The van der Waals surface area contributed by atoms with Gasteiger partial charge in [0.1, 0.15) is 6.10 Å². The maximum absolute atomic E-state index is 12.0. The summed E-state index contributed by atoms with van der Waals surface area (Å²) < 4.78 is 5.21. The van der Waals surface area contributed by atoms with Crippen molar-refractivity contribution in [1.82, 2.24) is 5.32 Å². The number of carboxylic acids is 1. The summed E-state index contributed by atoms with van der Waals surface area (Å²) in [5, 5.41) is 14.6. The normalized spacial score (nSPS) is 21.6. The first-order valence-corrected chi connectivity index (χ1v) is 6.53. The molecule has 0 saturated carbocycles. The predicted molar refractivity (Wildman–Crippen MR) is 73.4 cm³/mol. The molecule has 1 fully saturated rings. The van der Waals surface area contributed by atoms with E-state index in [1.165, 1.54) is 0 Å². The summed E-state index contributed by atoms with van der Waals surface area (Å²) in [5.41, 5.74) is 1.74. The number of ether oxygens (including phenoxy) is 1. The second kappa shape index (κ2) is 6.49. The molecule has 1 heterocycles. The molecule has 0 bridgehead atoms. The van der Waals surface area contributed by atoms with Crippen LogP contribution < -0.4 is 10.6 Å². The fourth-order valence-corrected chi connectivity index (χ4v) is 2.20. The Labute approximate surface area is 117 Å². The van der Waals surface area contributed by atoms with Gasteiger partial charge < -0.3 is 20.5 Å². The maximum atomic E-state index is 12.0. The van der Waals surface area contributed by atoms with Gasteiger partial charge in [-0.25, -0.2) is 4.79 Å². The van der Waals surface area contributed by atoms with Gasteiger partial charge >= 0.3 is 5.97 Å². The van der Waals surface area contributed by atoms with Crippen LogP contribution in [0.15, 0.2) is 24.3 Å². The van der Waals surface area contributed by atoms with E-state index in [2.05, 4.69) is 10.6 Å². The molecule has 0 spiro atoms. The van der Waals surface area contributed by atoms with E-state index in [1.807, 2.05) is 25.2 Å². The van der Waals surface area contributed by atoms with Crippen LogP contribution in [0.1, 0.15) is 18.4 Å². The molecule has 1 amide bonds. The van der Waals surface area contributed by atoms with Crippen LogP contribution in [0.2, 0.25) is 0 Å². The summed E-state index contributed by atoms with van der Waals surface area (Å²) in [6, 6.07) is 7.48. The Bertz CT molecular complexity index is 504. The third-order valence-corrected chi connectivity index (χ3v) is 3.16. The van der Waals surface area contributed by atoms with Gasteiger partial charge in [0.25, 0.3) is 5.91 Å². The molecule has 0 aliphatic carbocycles. The highest BCUT2D eigenvalue weighted by molar-refractivity contribution is 5.94. The van der Waals surface area contributed by atoms with Crippen molar-refractivity contribution in [3.63, 3.8) is 0 Å². The number of benzene rings is 1. The quantitative estimate of drug-likeness (QED) is 0.747. The van der Waals surface area contributed by atoms with Gasteiger partial charge in [-0.15, -0.1) is 0 Å². The average Bonchev–Trinajstić information content (AvgIpc) is 2.89. The van der Waals surface area contributed by atoms with Gasteiger partial charge in [-0.2, -0.15) is 0 Å². The predicted octanol–water partition coefficient (Wildman–Crippen LogP) is 0.977. The van der Waals surface area contributed by atoms with Gasteiger partial charge in [0.2, 0.25) is 0 Å². The number of carbonyl (C=O) groups excluding carboxylic acids is 1. The summed E-state index contributed by atoms with van der Waals surface area (Å²) in [6.45, 7) is 0.713. The molecule has 108 valence electrons. The van der Waals surface area contributed by atoms with Crippen LogP contribution >= 0.6 is 0 Å². The molecule has 2 rings (SSSR count). The molecule has 1 aliphatic heterocycles. The molecule has 0 radical (unpaired) electrons. The Morgan fingerprint density at radius 2 is 2.10 bits per heavy atom. The summed E-state index contributed by atoms with van der Waals surface area (Å²) in [4.78, 5) is 22.8. The van der Waals surface area contributed by atoms with Crippen molar-refractivity contribution >= 4 is 17.6 Å². The fraction of sp³-hybridized carbons (Fsp3) is 0.429. The Hall–Kier alpha value is -1.92. The molecule has 0 aromatic heterocycles. The molecule has 1 aromatic rings. The molecule has 2 atom stereocenters. The van der Waals surface area contributed by atoms with E-state index in [-0.39, 0.29) is 5.91 Å². The summed E-state index contributed by atoms with van der Waals surface area (Å²) in [6.07, 6.45) is -0.767. The number of anilines is 1. The van der Waals surface area contributed by atoms with Crippen molar-refractivity contribution in [2.75, 3.05) is 12.4 Å². The maximum Gasteiger partial charge on any atom is 0.332 e. The molecule has 1 aromatic carbocycles. The van der Waals surface area contributed by atoms with Crippen molar-refractivity contribution in [2.24, 2.45) is 0 Å². The molecule has 2 unspecified atom stereocenters. The van der Waals surface area contributed by atoms with E-state index >= 15 is 0 Å². The van der Waals surface area contributed by atoms with Gasteiger partial charge in [-0.05, 0) is 37.6 Å². The number of hydrogen-bond acceptors (Lipinski definition) is 4. The fourth-order valence-electron chi connectivity index (χ4n) is 2.20. The third kappa shape index (κ3) is 3.55. The SMILES string of the molecule is CNCc1cccc(NC(=O)C2CCC(C(=O)O)O2)c1. The molecule has 1 aliphatic rings. The van der Waals surface area contributed by atoms with Crippen molar-refractivity contribution < 1.29 is 19.4 Å². The van der Waals surface area contributed by atoms with Gasteiger partial charge in [0.15, 0.2) is 6.10 Å². The minimum Gasteiger partial charge on any atom is -0.479 e. The van der Waals surface area contributed by atoms with Crippen molar-refractivity contribution in [2.45, 2.75) is 31.6 Å². The van der Waals surface area contributed by atoms with Crippen LogP contribution in [0, 0.1) is 0 Å². The lowest BCUT2D eigenvalue weighted by Gasteiger charge is -2.12. The molecule has 20 heavy (non-hydrogen) atoms. The zero-order valence-electron chi connectivity index (χ0n) is 11.3. The molecule has 3 N–H and O–H groups in total. The Balaban J connectivity index is 1.95. The zero-order valence-corrected chi connectivity index (χ0v) is 11.3.